The molecule has 0 aromatic heterocycles. The van der Waals surface area contributed by atoms with Gasteiger partial charge in [0.25, 0.3) is 11.8 Å². The van der Waals surface area contributed by atoms with Crippen molar-refractivity contribution in [2.24, 2.45) is 0 Å². The first kappa shape index (κ1) is 23.0. The second-order valence-electron chi connectivity index (χ2n) is 7.88. The molecule has 6 nitrogen and oxygen atoms in total. The Balaban J connectivity index is 1.80. The molecule has 0 atom stereocenters. The number of anilines is 2. The molecule has 0 fully saturated rings. The molecule has 1 N–H and O–H groups in total. The van der Waals surface area contributed by atoms with Crippen LogP contribution in [0.5, 0.6) is 11.5 Å². The highest BCUT2D eigenvalue weighted by Crippen LogP contribution is 2.36. The number of aryl methyl sites for hydroxylation is 1. The molecule has 1 aliphatic heterocycles. The van der Waals surface area contributed by atoms with E-state index in [1.54, 1.807) is 30.3 Å². The molecule has 0 aliphatic carbocycles. The van der Waals surface area contributed by atoms with E-state index in [-0.39, 0.29) is 11.3 Å². The zero-order valence-corrected chi connectivity index (χ0v) is 19.2. The fraction of sp³-hybridized carbons (Fsp3) is 0.185. The Morgan fingerprint density at radius 1 is 0.971 bits per heavy atom. The largest absolute Gasteiger partial charge is 0.495 e. The first-order chi connectivity index (χ1) is 16.4. The van der Waals surface area contributed by atoms with Crippen molar-refractivity contribution in [3.8, 4) is 11.5 Å². The van der Waals surface area contributed by atoms with Crippen molar-refractivity contribution in [1.82, 2.24) is 0 Å². The minimum absolute atomic E-state index is 0.0837. The molecule has 4 rings (SSSR count). The van der Waals surface area contributed by atoms with Crippen LogP contribution in [0.15, 0.2) is 72.4 Å². The normalized spacial score (nSPS) is 13.5. The number of nitrogens with zero attached hydrogens (tertiary/aromatic N) is 1. The summed E-state index contributed by atoms with van der Waals surface area (Å²) in [6, 6.07) is 17.8. The topological polar surface area (TPSA) is 67.9 Å². The van der Waals surface area contributed by atoms with Gasteiger partial charge in [-0.1, -0.05) is 31.2 Å². The van der Waals surface area contributed by atoms with Crippen LogP contribution in [0.2, 0.25) is 0 Å². The van der Waals surface area contributed by atoms with Crippen LogP contribution >= 0.6 is 0 Å². The van der Waals surface area contributed by atoms with Crippen LogP contribution in [0.1, 0.15) is 24.5 Å². The lowest BCUT2D eigenvalue weighted by atomic mass is 10.0. The van der Waals surface area contributed by atoms with Crippen LogP contribution in [-0.2, 0) is 9.59 Å². The number of amides is 2. The summed E-state index contributed by atoms with van der Waals surface area (Å²) in [4.78, 5) is 28.3. The van der Waals surface area contributed by atoms with Gasteiger partial charge in [0.2, 0.25) is 0 Å². The van der Waals surface area contributed by atoms with Crippen LogP contribution in [0, 0.1) is 12.7 Å². The first-order valence-electron chi connectivity index (χ1n) is 11.0. The molecule has 0 bridgehead atoms. The Hall–Kier alpha value is -4.13. The molecular weight excluding hydrogens is 435 g/mol. The molecule has 0 saturated heterocycles. The number of halogens is 1. The molecule has 1 heterocycles. The van der Waals surface area contributed by atoms with Crippen molar-refractivity contribution in [2.75, 3.05) is 23.9 Å². The highest BCUT2D eigenvalue weighted by molar-refractivity contribution is 6.46. The van der Waals surface area contributed by atoms with Gasteiger partial charge in [-0.3, -0.25) is 9.59 Å². The van der Waals surface area contributed by atoms with Crippen molar-refractivity contribution in [1.29, 1.82) is 0 Å². The number of ether oxygens (including phenoxy) is 2. The summed E-state index contributed by atoms with van der Waals surface area (Å²) in [7, 11) is 1.53. The van der Waals surface area contributed by atoms with E-state index >= 15 is 0 Å². The number of carbonyl (C=O) groups excluding carboxylic acids is 2. The van der Waals surface area contributed by atoms with E-state index in [0.29, 0.717) is 35.0 Å². The predicted molar refractivity (Wildman–Crippen MR) is 129 cm³/mol. The Bertz CT molecular complexity index is 1270. The van der Waals surface area contributed by atoms with E-state index in [2.05, 4.69) is 5.32 Å². The number of nitrogens with one attached hydrogen (secondary N) is 1. The minimum Gasteiger partial charge on any atom is -0.495 e. The number of hydrogen-bond donors (Lipinski definition) is 1. The monoisotopic (exact) mass is 460 g/mol. The summed E-state index contributed by atoms with van der Waals surface area (Å²) in [6.07, 6.45) is 0.828. The van der Waals surface area contributed by atoms with Crippen LogP contribution < -0.4 is 19.7 Å². The van der Waals surface area contributed by atoms with E-state index in [9.17, 15) is 14.0 Å². The van der Waals surface area contributed by atoms with Crippen LogP contribution in [-0.4, -0.2) is 25.5 Å². The lowest BCUT2D eigenvalue weighted by Crippen LogP contribution is -2.32. The van der Waals surface area contributed by atoms with Gasteiger partial charge in [0.05, 0.1) is 30.7 Å². The number of carbonyl (C=O) groups is 2. The Kier molecular flexibility index (Phi) is 6.63. The molecule has 3 aromatic carbocycles. The number of imide groups is 1. The molecule has 0 radical (unpaired) electrons. The van der Waals surface area contributed by atoms with Gasteiger partial charge >= 0.3 is 0 Å². The first-order valence-corrected chi connectivity index (χ1v) is 11.0. The van der Waals surface area contributed by atoms with Gasteiger partial charge in [-0.05, 0) is 60.9 Å². The van der Waals surface area contributed by atoms with Gasteiger partial charge in [0, 0.05) is 6.07 Å². The molecule has 2 amide bonds. The number of methoxy groups -OCH3 is 1. The molecule has 1 aliphatic rings. The van der Waals surface area contributed by atoms with Crippen LogP contribution in [0.4, 0.5) is 15.8 Å². The number of benzene rings is 3. The molecule has 0 spiro atoms. The standard InChI is InChI=1S/C27H25FN2O4/c1-4-14-34-21-7-5-6-20(16-21)30-26(31)24(18-9-11-19(28)12-10-18)25(27(30)32)29-22-15-17(2)8-13-23(22)33-3/h5-13,15-16,29H,4,14H2,1-3H3. The van der Waals surface area contributed by atoms with E-state index in [4.69, 9.17) is 9.47 Å². The molecule has 34 heavy (non-hydrogen) atoms. The van der Waals surface area contributed by atoms with Crippen molar-refractivity contribution in [2.45, 2.75) is 20.3 Å². The summed E-state index contributed by atoms with van der Waals surface area (Å²) in [6.45, 7) is 4.42. The van der Waals surface area contributed by atoms with E-state index in [0.717, 1.165) is 16.9 Å². The smallest absolute Gasteiger partial charge is 0.282 e. The SMILES string of the molecule is CCCOc1cccc(N2C(=O)C(Nc3cc(C)ccc3OC)=C(c3ccc(F)cc3)C2=O)c1. The summed E-state index contributed by atoms with van der Waals surface area (Å²) in [5, 5.41) is 3.11. The third kappa shape index (κ3) is 4.50. The molecule has 0 saturated carbocycles. The quantitative estimate of drug-likeness (QED) is 0.461. The summed E-state index contributed by atoms with van der Waals surface area (Å²) in [5.41, 5.74) is 2.53. The van der Waals surface area contributed by atoms with Crippen LogP contribution in [0.25, 0.3) is 5.57 Å². The summed E-state index contributed by atoms with van der Waals surface area (Å²) in [5.74, 6) is -0.400. The average molecular weight is 461 g/mol. The lowest BCUT2D eigenvalue weighted by molar-refractivity contribution is -0.120. The van der Waals surface area contributed by atoms with Crippen molar-refractivity contribution < 1.29 is 23.5 Å². The van der Waals surface area contributed by atoms with Gasteiger partial charge in [-0.15, -0.1) is 0 Å². The Morgan fingerprint density at radius 3 is 2.44 bits per heavy atom. The van der Waals surface area contributed by atoms with E-state index < -0.39 is 17.6 Å². The minimum atomic E-state index is -0.527. The number of rotatable bonds is 8. The van der Waals surface area contributed by atoms with Crippen LogP contribution in [0.3, 0.4) is 0 Å². The summed E-state index contributed by atoms with van der Waals surface area (Å²) < 4.78 is 24.7. The molecule has 7 heteroatoms. The maximum atomic E-state index is 13.6. The fourth-order valence-corrected chi connectivity index (χ4v) is 3.75. The van der Waals surface area contributed by atoms with Crippen molar-refractivity contribution >= 4 is 28.8 Å². The van der Waals surface area contributed by atoms with Gasteiger partial charge in [-0.2, -0.15) is 0 Å². The van der Waals surface area contributed by atoms with E-state index in [1.807, 2.05) is 26.0 Å². The second-order valence-corrected chi connectivity index (χ2v) is 7.88. The zero-order chi connectivity index (χ0) is 24.2. The maximum absolute atomic E-state index is 13.6. The van der Waals surface area contributed by atoms with Gasteiger partial charge < -0.3 is 14.8 Å². The highest BCUT2D eigenvalue weighted by Gasteiger charge is 2.40. The zero-order valence-electron chi connectivity index (χ0n) is 19.2. The third-order valence-corrected chi connectivity index (χ3v) is 5.38. The highest BCUT2D eigenvalue weighted by atomic mass is 19.1. The Labute approximate surface area is 197 Å². The van der Waals surface area contributed by atoms with Gasteiger partial charge in [0.1, 0.15) is 23.0 Å². The molecule has 0 unspecified atom stereocenters. The second kappa shape index (κ2) is 9.79. The molecule has 174 valence electrons. The van der Waals surface area contributed by atoms with Crippen molar-refractivity contribution in [3.05, 3.63) is 89.4 Å². The van der Waals surface area contributed by atoms with Gasteiger partial charge in [0.15, 0.2) is 0 Å². The maximum Gasteiger partial charge on any atom is 0.282 e. The molecule has 3 aromatic rings. The molecular formula is C27H25FN2O4. The average Bonchev–Trinajstić information content (AvgIpc) is 3.08. The third-order valence-electron chi connectivity index (χ3n) is 5.38. The number of hydrogen-bond acceptors (Lipinski definition) is 5. The lowest BCUT2D eigenvalue weighted by Gasteiger charge is -2.17. The van der Waals surface area contributed by atoms with Gasteiger partial charge in [-0.25, -0.2) is 9.29 Å². The van der Waals surface area contributed by atoms with Crippen molar-refractivity contribution in [3.63, 3.8) is 0 Å². The fourth-order valence-electron chi connectivity index (χ4n) is 3.75. The predicted octanol–water partition coefficient (Wildman–Crippen LogP) is 5.33. The summed E-state index contributed by atoms with van der Waals surface area (Å²) >= 11 is 0. The van der Waals surface area contributed by atoms with E-state index in [1.165, 1.54) is 31.4 Å². The Morgan fingerprint density at radius 2 is 1.74 bits per heavy atom.